The first-order chi connectivity index (χ1) is 20.8. The largest absolute Gasteiger partial charge is 0.492 e. The predicted molar refractivity (Wildman–Crippen MR) is 173 cm³/mol. The molecule has 3 aromatic rings. The second kappa shape index (κ2) is 14.6. The van der Waals surface area contributed by atoms with Crippen molar-refractivity contribution in [3.63, 3.8) is 0 Å². The Morgan fingerprint density at radius 3 is 2.47 bits per heavy atom. The quantitative estimate of drug-likeness (QED) is 0.187. The van der Waals surface area contributed by atoms with Gasteiger partial charge in [-0.15, -0.1) is 0 Å². The third-order valence-electron chi connectivity index (χ3n) is 6.87. The number of rotatable bonds is 11. The van der Waals surface area contributed by atoms with Crippen LogP contribution in [0.15, 0.2) is 65.6 Å². The van der Waals surface area contributed by atoms with E-state index in [1.165, 1.54) is 28.8 Å². The summed E-state index contributed by atoms with van der Waals surface area (Å²) in [4.78, 5) is 28.7. The highest BCUT2D eigenvalue weighted by Gasteiger charge is 2.32. The van der Waals surface area contributed by atoms with Crippen LogP contribution in [0, 0.1) is 0 Å². The van der Waals surface area contributed by atoms with E-state index in [0.29, 0.717) is 50.6 Å². The van der Waals surface area contributed by atoms with Crippen LogP contribution in [0.5, 0.6) is 11.5 Å². The number of carboxylic acids is 1. The van der Waals surface area contributed by atoms with Crippen molar-refractivity contribution in [2.45, 2.75) is 0 Å². The van der Waals surface area contributed by atoms with Crippen molar-refractivity contribution in [1.29, 1.82) is 0 Å². The molecule has 2 saturated heterocycles. The number of halogens is 2. The minimum absolute atomic E-state index is 0.168. The fraction of sp³-hybridized carbons (Fsp3) is 0.258. The minimum atomic E-state index is -1.01. The molecule has 0 aromatic heterocycles. The number of thioether (sulfide) groups is 1. The van der Waals surface area contributed by atoms with E-state index in [1.807, 2.05) is 24.3 Å². The van der Waals surface area contributed by atoms with Crippen molar-refractivity contribution in [3.8, 4) is 22.6 Å². The van der Waals surface area contributed by atoms with Gasteiger partial charge in [0.15, 0.2) is 0 Å². The molecule has 2 aliphatic rings. The van der Waals surface area contributed by atoms with Gasteiger partial charge in [0.1, 0.15) is 29.0 Å². The molecule has 3 aromatic carbocycles. The van der Waals surface area contributed by atoms with Gasteiger partial charge in [0.25, 0.3) is 5.91 Å². The van der Waals surface area contributed by atoms with Crippen molar-refractivity contribution in [3.05, 3.63) is 86.7 Å². The summed E-state index contributed by atoms with van der Waals surface area (Å²) in [6.45, 7) is 4.83. The molecule has 0 saturated carbocycles. The molecule has 0 spiro atoms. The average Bonchev–Trinajstić information content (AvgIpc) is 3.26. The molecular weight excluding hydrogens is 631 g/mol. The van der Waals surface area contributed by atoms with E-state index < -0.39 is 5.97 Å². The van der Waals surface area contributed by atoms with Gasteiger partial charge >= 0.3 is 5.97 Å². The molecule has 5 rings (SSSR count). The highest BCUT2D eigenvalue weighted by molar-refractivity contribution is 8.26. The van der Waals surface area contributed by atoms with Gasteiger partial charge in [-0.25, -0.2) is 4.79 Å². The number of hydrogen-bond donors (Lipinski definition) is 1. The van der Waals surface area contributed by atoms with Crippen molar-refractivity contribution in [2.24, 2.45) is 0 Å². The number of amides is 1. The summed E-state index contributed by atoms with van der Waals surface area (Å²) in [5.74, 6) is -0.0968. The van der Waals surface area contributed by atoms with E-state index in [-0.39, 0.29) is 24.6 Å². The lowest BCUT2D eigenvalue weighted by molar-refractivity contribution is -0.122. The number of thiocarbonyl (C=S) groups is 1. The maximum absolute atomic E-state index is 13.4. The van der Waals surface area contributed by atoms with Crippen molar-refractivity contribution in [2.75, 3.05) is 52.6 Å². The molecule has 12 heteroatoms. The summed E-state index contributed by atoms with van der Waals surface area (Å²) >= 11 is 19.4. The fourth-order valence-electron chi connectivity index (χ4n) is 4.58. The lowest BCUT2D eigenvalue weighted by Gasteiger charge is -2.26. The van der Waals surface area contributed by atoms with Crippen LogP contribution in [0.2, 0.25) is 10.0 Å². The Kier molecular flexibility index (Phi) is 10.6. The van der Waals surface area contributed by atoms with Gasteiger partial charge in [0, 0.05) is 40.8 Å². The molecular formula is C31H28Cl2N2O6S2. The number of ether oxygens (including phenoxy) is 3. The number of benzene rings is 3. The van der Waals surface area contributed by atoms with Crippen LogP contribution >= 0.6 is 47.2 Å². The molecule has 43 heavy (non-hydrogen) atoms. The van der Waals surface area contributed by atoms with E-state index in [0.717, 1.165) is 36.3 Å². The Morgan fingerprint density at radius 1 is 1.00 bits per heavy atom. The summed E-state index contributed by atoms with van der Waals surface area (Å²) in [6.07, 6.45) is 1.79. The number of hydrogen-bond acceptors (Lipinski definition) is 8. The summed E-state index contributed by atoms with van der Waals surface area (Å²) < 4.78 is 17.8. The fourth-order valence-corrected chi connectivity index (χ4v) is 6.39. The number of carboxylic acid groups (broad SMARTS) is 1. The molecule has 0 unspecified atom stereocenters. The molecule has 0 atom stereocenters. The Labute approximate surface area is 269 Å². The maximum Gasteiger partial charge on any atom is 0.335 e. The Balaban J connectivity index is 1.32. The zero-order valence-electron chi connectivity index (χ0n) is 23.0. The van der Waals surface area contributed by atoms with E-state index >= 15 is 0 Å². The molecule has 0 bridgehead atoms. The summed E-state index contributed by atoms with van der Waals surface area (Å²) in [5.41, 5.74) is 2.55. The highest BCUT2D eigenvalue weighted by Crippen LogP contribution is 2.37. The summed E-state index contributed by atoms with van der Waals surface area (Å²) in [5, 5.41) is 10.1. The van der Waals surface area contributed by atoms with Crippen LogP contribution in [0.4, 0.5) is 0 Å². The molecule has 0 radical (unpaired) electrons. The Morgan fingerprint density at radius 2 is 1.74 bits per heavy atom. The molecule has 8 nitrogen and oxygen atoms in total. The summed E-state index contributed by atoms with van der Waals surface area (Å²) in [6, 6.07) is 17.2. The Bertz CT molecular complexity index is 1540. The maximum atomic E-state index is 13.4. The lowest BCUT2D eigenvalue weighted by Crippen LogP contribution is -2.38. The van der Waals surface area contributed by atoms with E-state index in [9.17, 15) is 9.59 Å². The first-order valence-electron chi connectivity index (χ1n) is 13.5. The van der Waals surface area contributed by atoms with Crippen molar-refractivity contribution >= 4 is 69.5 Å². The van der Waals surface area contributed by atoms with Gasteiger partial charge in [-0.05, 0) is 60.2 Å². The highest BCUT2D eigenvalue weighted by atomic mass is 35.5. The number of carbonyl (C=O) groups is 2. The number of nitrogens with zero attached hydrogens (tertiary/aromatic N) is 2. The van der Waals surface area contributed by atoms with Gasteiger partial charge in [0.2, 0.25) is 0 Å². The van der Waals surface area contributed by atoms with Crippen LogP contribution in [-0.4, -0.2) is 83.7 Å². The second-order valence-electron chi connectivity index (χ2n) is 9.69. The number of carbonyl (C=O) groups excluding carboxylic acids is 1. The van der Waals surface area contributed by atoms with Crippen LogP contribution in [-0.2, 0) is 9.53 Å². The van der Waals surface area contributed by atoms with E-state index in [2.05, 4.69) is 4.90 Å². The van der Waals surface area contributed by atoms with Gasteiger partial charge in [-0.1, -0.05) is 59.3 Å². The first kappa shape index (κ1) is 31.3. The third kappa shape index (κ3) is 8.08. The SMILES string of the molecule is O=C(O)c1ccc(OCCN2C(=O)C(=Cc3cc(-c4ccc(Cl)cc4Cl)ccc3OCCN3CCOCC3)SC2=S)cc1. The van der Waals surface area contributed by atoms with Crippen molar-refractivity contribution < 1.29 is 28.9 Å². The standard InChI is InChI=1S/C31H28Cl2N2O6S2/c32-23-4-7-25(26(33)19-23)21-3-8-27(41-15-11-34-9-13-39-14-10-34)22(17-21)18-28-29(36)35(31(42)43-28)12-16-40-24-5-1-20(2-6-24)30(37)38/h1-8,17-19H,9-16H2,(H,37,38). The topological polar surface area (TPSA) is 88.5 Å². The van der Waals surface area contributed by atoms with Crippen LogP contribution in [0.25, 0.3) is 17.2 Å². The summed E-state index contributed by atoms with van der Waals surface area (Å²) in [7, 11) is 0. The third-order valence-corrected chi connectivity index (χ3v) is 8.79. The van der Waals surface area contributed by atoms with E-state index in [4.69, 9.17) is 54.7 Å². The van der Waals surface area contributed by atoms with Gasteiger partial charge in [-0.3, -0.25) is 14.6 Å². The minimum Gasteiger partial charge on any atom is -0.492 e. The normalized spacial score (nSPS) is 16.6. The molecule has 1 N–H and O–H groups in total. The van der Waals surface area contributed by atoms with Gasteiger partial charge in [0.05, 0.1) is 30.2 Å². The molecule has 2 heterocycles. The molecule has 2 aliphatic heterocycles. The number of aromatic carboxylic acids is 1. The lowest BCUT2D eigenvalue weighted by atomic mass is 10.0. The Hall–Kier alpha value is -3.12. The molecule has 224 valence electrons. The molecule has 1 amide bonds. The monoisotopic (exact) mass is 658 g/mol. The zero-order chi connectivity index (χ0) is 30.3. The smallest absolute Gasteiger partial charge is 0.335 e. The van der Waals surface area contributed by atoms with Gasteiger partial charge in [-0.2, -0.15) is 0 Å². The van der Waals surface area contributed by atoms with Crippen LogP contribution in [0.1, 0.15) is 15.9 Å². The van der Waals surface area contributed by atoms with Gasteiger partial charge < -0.3 is 19.3 Å². The molecule has 2 fully saturated rings. The van der Waals surface area contributed by atoms with Crippen molar-refractivity contribution in [1.82, 2.24) is 9.80 Å². The second-order valence-corrected chi connectivity index (χ2v) is 12.2. The van der Waals surface area contributed by atoms with Crippen LogP contribution < -0.4 is 9.47 Å². The predicted octanol–water partition coefficient (Wildman–Crippen LogP) is 6.35. The average molecular weight is 660 g/mol. The van der Waals surface area contributed by atoms with Crippen LogP contribution in [0.3, 0.4) is 0 Å². The van der Waals surface area contributed by atoms with E-state index in [1.54, 1.807) is 30.3 Å². The first-order valence-corrected chi connectivity index (χ1v) is 15.5. The number of morpholine rings is 1. The molecule has 0 aliphatic carbocycles. The zero-order valence-corrected chi connectivity index (χ0v) is 26.1.